The number of pyridine rings is 1. The third kappa shape index (κ3) is 3.17. The first-order valence-corrected chi connectivity index (χ1v) is 9.39. The molecule has 30 heavy (non-hydrogen) atoms. The second-order valence-corrected chi connectivity index (χ2v) is 6.92. The summed E-state index contributed by atoms with van der Waals surface area (Å²) >= 11 is 0. The summed E-state index contributed by atoms with van der Waals surface area (Å²) in [4.78, 5) is 9.10. The predicted molar refractivity (Wildman–Crippen MR) is 117 cm³/mol. The SMILES string of the molecule is Cl.NCCCn1cc(N2C(c3c[nH]c4ncccc34)=NNC2O)c2cc(F)ccc21. The fourth-order valence-corrected chi connectivity index (χ4v) is 3.81. The second kappa shape index (κ2) is 7.94. The maximum absolute atomic E-state index is 14.1. The maximum Gasteiger partial charge on any atom is 0.226 e. The molecular weight excluding hydrogens is 409 g/mol. The number of hydrogen-bond acceptors (Lipinski definition) is 6. The van der Waals surface area contributed by atoms with Crippen molar-refractivity contribution in [2.45, 2.75) is 19.3 Å². The van der Waals surface area contributed by atoms with Crippen LogP contribution in [-0.4, -0.2) is 38.4 Å². The minimum absolute atomic E-state index is 0. The summed E-state index contributed by atoms with van der Waals surface area (Å²) in [5, 5.41) is 16.6. The van der Waals surface area contributed by atoms with Crippen molar-refractivity contribution in [3.05, 3.63) is 60.3 Å². The van der Waals surface area contributed by atoms with Crippen LogP contribution in [0.25, 0.3) is 21.9 Å². The van der Waals surface area contributed by atoms with E-state index in [2.05, 4.69) is 20.5 Å². The molecule has 5 rings (SSSR count). The summed E-state index contributed by atoms with van der Waals surface area (Å²) in [5.74, 6) is 0.186. The minimum Gasteiger partial charge on any atom is -0.355 e. The van der Waals surface area contributed by atoms with Crippen molar-refractivity contribution >= 4 is 45.9 Å². The highest BCUT2D eigenvalue weighted by Crippen LogP contribution is 2.34. The number of aromatic amines is 1. The van der Waals surface area contributed by atoms with Crippen molar-refractivity contribution in [1.82, 2.24) is 20.0 Å². The van der Waals surface area contributed by atoms with Gasteiger partial charge in [0.05, 0.1) is 11.2 Å². The Balaban J connectivity index is 0.00000218. The molecule has 0 radical (unpaired) electrons. The van der Waals surface area contributed by atoms with Gasteiger partial charge in [0.25, 0.3) is 0 Å². The van der Waals surface area contributed by atoms with Crippen LogP contribution in [0.5, 0.6) is 0 Å². The smallest absolute Gasteiger partial charge is 0.226 e. The number of halogens is 2. The molecule has 0 aliphatic carbocycles. The van der Waals surface area contributed by atoms with Crippen molar-refractivity contribution in [3.8, 4) is 0 Å². The molecule has 4 heterocycles. The number of rotatable bonds is 5. The van der Waals surface area contributed by atoms with Gasteiger partial charge in [-0.25, -0.2) is 9.37 Å². The molecule has 1 aliphatic heterocycles. The summed E-state index contributed by atoms with van der Waals surface area (Å²) in [7, 11) is 0. The highest BCUT2D eigenvalue weighted by molar-refractivity contribution is 6.19. The quantitative estimate of drug-likeness (QED) is 0.390. The third-order valence-corrected chi connectivity index (χ3v) is 5.14. The lowest BCUT2D eigenvalue weighted by atomic mass is 10.1. The summed E-state index contributed by atoms with van der Waals surface area (Å²) in [5.41, 5.74) is 11.4. The average molecular weight is 430 g/mol. The molecule has 5 N–H and O–H groups in total. The molecule has 1 atom stereocenters. The van der Waals surface area contributed by atoms with Gasteiger partial charge in [-0.2, -0.15) is 5.10 Å². The third-order valence-electron chi connectivity index (χ3n) is 5.14. The zero-order chi connectivity index (χ0) is 20.0. The summed E-state index contributed by atoms with van der Waals surface area (Å²) in [6.07, 6.45) is 5.12. The van der Waals surface area contributed by atoms with Gasteiger partial charge in [0.1, 0.15) is 11.5 Å². The highest BCUT2D eigenvalue weighted by Gasteiger charge is 2.32. The van der Waals surface area contributed by atoms with E-state index in [1.807, 2.05) is 22.9 Å². The van der Waals surface area contributed by atoms with Gasteiger partial charge >= 0.3 is 0 Å². The molecule has 0 bridgehead atoms. The van der Waals surface area contributed by atoms with Crippen molar-refractivity contribution in [2.75, 3.05) is 11.4 Å². The zero-order valence-corrected chi connectivity index (χ0v) is 16.7. The fraction of sp³-hybridized carbons (Fsp3) is 0.200. The Hall–Kier alpha value is -3.14. The molecule has 3 aromatic heterocycles. The molecule has 4 aromatic rings. The number of aryl methyl sites for hydroxylation is 1. The van der Waals surface area contributed by atoms with Crippen molar-refractivity contribution in [3.63, 3.8) is 0 Å². The molecule has 1 aliphatic rings. The summed E-state index contributed by atoms with van der Waals surface area (Å²) in [6, 6.07) is 8.43. The molecule has 10 heteroatoms. The van der Waals surface area contributed by atoms with Crippen LogP contribution in [0.15, 0.2) is 54.0 Å². The molecule has 8 nitrogen and oxygen atoms in total. The topological polar surface area (TPSA) is 107 Å². The van der Waals surface area contributed by atoms with Gasteiger partial charge < -0.3 is 20.4 Å². The van der Waals surface area contributed by atoms with Gasteiger partial charge in [0.15, 0.2) is 5.84 Å². The van der Waals surface area contributed by atoms with Crippen LogP contribution >= 0.6 is 12.4 Å². The van der Waals surface area contributed by atoms with Crippen LogP contribution in [0, 0.1) is 5.82 Å². The Morgan fingerprint density at radius 3 is 2.93 bits per heavy atom. The molecule has 1 aromatic carbocycles. The number of aliphatic hydroxyl groups is 1. The lowest BCUT2D eigenvalue weighted by molar-refractivity contribution is 0.159. The molecule has 0 saturated carbocycles. The molecule has 0 saturated heterocycles. The number of benzene rings is 1. The fourth-order valence-electron chi connectivity index (χ4n) is 3.81. The minimum atomic E-state index is -1.08. The second-order valence-electron chi connectivity index (χ2n) is 6.92. The number of hydrazone groups is 1. The Kier molecular flexibility index (Phi) is 5.33. The standard InChI is InChI=1S/C20H20FN7O.ClH/c21-12-4-5-16-14(9-12)17(11-27(16)8-2-6-22)28-19(25-26-20(28)29)15-10-24-18-13(15)3-1-7-23-18;/h1,3-5,7,9-11,20,26,29H,2,6,8,22H2,(H,23,24);1H. The number of H-pyrrole nitrogens is 1. The number of nitrogens with one attached hydrogen (secondary N) is 2. The molecule has 156 valence electrons. The molecular formula is C20H21ClFN7O. The maximum atomic E-state index is 14.1. The number of hydrogen-bond donors (Lipinski definition) is 4. The van der Waals surface area contributed by atoms with Gasteiger partial charge in [-0.05, 0) is 43.3 Å². The van der Waals surface area contributed by atoms with E-state index < -0.39 is 6.35 Å². The number of anilines is 1. The normalized spacial score (nSPS) is 16.0. The largest absolute Gasteiger partial charge is 0.355 e. The number of nitrogens with zero attached hydrogens (tertiary/aromatic N) is 4. The first-order chi connectivity index (χ1) is 14.2. The Bertz CT molecular complexity index is 1230. The van der Waals surface area contributed by atoms with Gasteiger partial charge in [-0.3, -0.25) is 10.3 Å². The van der Waals surface area contributed by atoms with Gasteiger partial charge in [-0.15, -0.1) is 12.4 Å². The lowest BCUT2D eigenvalue weighted by Crippen LogP contribution is -2.40. The predicted octanol–water partition coefficient (Wildman–Crippen LogP) is 2.47. The first-order valence-electron chi connectivity index (χ1n) is 9.39. The van der Waals surface area contributed by atoms with Crippen LogP contribution < -0.4 is 16.1 Å². The van der Waals surface area contributed by atoms with E-state index in [0.29, 0.717) is 30.0 Å². The van der Waals surface area contributed by atoms with Crippen molar-refractivity contribution in [2.24, 2.45) is 10.8 Å². The van der Waals surface area contributed by atoms with E-state index in [9.17, 15) is 9.50 Å². The van der Waals surface area contributed by atoms with E-state index in [4.69, 9.17) is 5.73 Å². The van der Waals surface area contributed by atoms with Crippen LogP contribution in [-0.2, 0) is 6.54 Å². The number of aromatic nitrogens is 3. The number of aliphatic hydroxyl groups excluding tert-OH is 1. The molecule has 0 spiro atoms. The highest BCUT2D eigenvalue weighted by atomic mass is 35.5. The van der Waals surface area contributed by atoms with Gasteiger partial charge in [0, 0.05) is 41.5 Å². The average Bonchev–Trinajstić information content (AvgIpc) is 3.41. The van der Waals surface area contributed by atoms with Crippen LogP contribution in [0.1, 0.15) is 12.0 Å². The van der Waals surface area contributed by atoms with E-state index >= 15 is 0 Å². The zero-order valence-electron chi connectivity index (χ0n) is 15.9. The molecule has 0 amide bonds. The first kappa shape index (κ1) is 20.1. The van der Waals surface area contributed by atoms with Gasteiger partial charge in [-0.1, -0.05) is 0 Å². The lowest BCUT2D eigenvalue weighted by Gasteiger charge is -2.22. The van der Waals surface area contributed by atoms with Gasteiger partial charge in [0.2, 0.25) is 6.35 Å². The monoisotopic (exact) mass is 429 g/mol. The number of nitrogens with two attached hydrogens (primary N) is 1. The van der Waals surface area contributed by atoms with Crippen LogP contribution in [0.4, 0.5) is 10.1 Å². The molecule has 0 fully saturated rings. The van der Waals surface area contributed by atoms with Crippen LogP contribution in [0.3, 0.4) is 0 Å². The summed E-state index contributed by atoms with van der Waals surface area (Å²) in [6.45, 7) is 1.25. The van der Waals surface area contributed by atoms with E-state index in [1.165, 1.54) is 12.1 Å². The Labute approximate surface area is 177 Å². The van der Waals surface area contributed by atoms with Crippen LogP contribution in [0.2, 0.25) is 0 Å². The van der Waals surface area contributed by atoms with E-state index in [1.54, 1.807) is 23.4 Å². The number of amidine groups is 1. The summed E-state index contributed by atoms with van der Waals surface area (Å²) < 4.78 is 16.1. The Morgan fingerprint density at radius 1 is 1.23 bits per heavy atom. The van der Waals surface area contributed by atoms with E-state index in [0.717, 1.165) is 28.5 Å². The van der Waals surface area contributed by atoms with Crippen molar-refractivity contribution < 1.29 is 9.50 Å². The Morgan fingerprint density at radius 2 is 2.10 bits per heavy atom. The molecule has 1 unspecified atom stereocenters. The van der Waals surface area contributed by atoms with Crippen molar-refractivity contribution in [1.29, 1.82) is 0 Å². The number of fused-ring (bicyclic) bond motifs is 2. The van der Waals surface area contributed by atoms with E-state index in [-0.39, 0.29) is 18.2 Å².